The molecule has 0 saturated carbocycles. The zero-order valence-corrected chi connectivity index (χ0v) is 15.6. The van der Waals surface area contributed by atoms with Crippen LogP contribution in [0.4, 0.5) is 4.39 Å². The number of hydrogen-bond acceptors (Lipinski definition) is 3. The summed E-state index contributed by atoms with van der Waals surface area (Å²) in [6.45, 7) is 7.91. The third-order valence-corrected chi connectivity index (χ3v) is 3.96. The molecule has 0 aliphatic heterocycles. The third kappa shape index (κ3) is 4.47. The van der Waals surface area contributed by atoms with Gasteiger partial charge < -0.3 is 10.2 Å². The van der Waals surface area contributed by atoms with Gasteiger partial charge in [-0.3, -0.25) is 9.59 Å². The first-order valence-electron chi connectivity index (χ1n) is 8.78. The Kier molecular flexibility index (Phi) is 6.49. The van der Waals surface area contributed by atoms with Crippen LogP contribution in [0.3, 0.4) is 0 Å². The minimum absolute atomic E-state index is 0.00159. The van der Waals surface area contributed by atoms with E-state index in [1.165, 1.54) is 23.2 Å². The molecule has 6 nitrogen and oxygen atoms in total. The molecular weight excluding hydrogens is 335 g/mol. The summed E-state index contributed by atoms with van der Waals surface area (Å²) >= 11 is 0. The van der Waals surface area contributed by atoms with Crippen molar-refractivity contribution >= 4 is 11.8 Å². The molecule has 2 aromatic rings. The third-order valence-electron chi connectivity index (χ3n) is 3.96. The van der Waals surface area contributed by atoms with Crippen LogP contribution < -0.4 is 5.32 Å². The number of nitrogens with one attached hydrogen (secondary N) is 1. The first-order chi connectivity index (χ1) is 12.4. The van der Waals surface area contributed by atoms with Gasteiger partial charge in [-0.1, -0.05) is 6.92 Å². The molecule has 0 aliphatic rings. The highest BCUT2D eigenvalue weighted by Gasteiger charge is 2.23. The molecule has 0 atom stereocenters. The van der Waals surface area contributed by atoms with Gasteiger partial charge in [-0.15, -0.1) is 0 Å². The van der Waals surface area contributed by atoms with Gasteiger partial charge in [0.15, 0.2) is 0 Å². The fraction of sp³-hybridized carbons (Fsp3) is 0.421. The number of amides is 2. The maximum absolute atomic E-state index is 13.2. The lowest BCUT2D eigenvalue weighted by Crippen LogP contribution is -2.42. The molecular formula is C19H25FN4O2. The molecule has 1 heterocycles. The molecule has 2 amide bonds. The van der Waals surface area contributed by atoms with Crippen molar-refractivity contribution in [3.63, 3.8) is 0 Å². The standard InChI is InChI=1S/C19H25FN4O2/c1-5-17-16(11-21-24(17)15-9-7-14(20)8-10-15)19(26)23(6-2)12-18(25)22-13(3)4/h7-11,13H,5-6,12H2,1-4H3,(H,22,25). The predicted molar refractivity (Wildman–Crippen MR) is 97.8 cm³/mol. The van der Waals surface area contributed by atoms with Gasteiger partial charge in [0, 0.05) is 12.6 Å². The fourth-order valence-corrected chi connectivity index (χ4v) is 2.74. The van der Waals surface area contributed by atoms with E-state index < -0.39 is 0 Å². The lowest BCUT2D eigenvalue weighted by atomic mass is 10.1. The van der Waals surface area contributed by atoms with Crippen molar-refractivity contribution in [2.24, 2.45) is 0 Å². The molecule has 0 saturated heterocycles. The van der Waals surface area contributed by atoms with Crippen molar-refractivity contribution in [2.75, 3.05) is 13.1 Å². The molecule has 26 heavy (non-hydrogen) atoms. The Morgan fingerprint density at radius 2 is 1.88 bits per heavy atom. The Labute approximate surface area is 153 Å². The van der Waals surface area contributed by atoms with Crippen LogP contribution in [0.25, 0.3) is 5.69 Å². The summed E-state index contributed by atoms with van der Waals surface area (Å²) in [5, 5.41) is 7.09. The molecule has 0 radical (unpaired) electrons. The van der Waals surface area contributed by atoms with Crippen molar-refractivity contribution in [3.05, 3.63) is 47.5 Å². The van der Waals surface area contributed by atoms with E-state index in [-0.39, 0.29) is 30.2 Å². The van der Waals surface area contributed by atoms with E-state index in [0.717, 1.165) is 5.69 Å². The Morgan fingerprint density at radius 1 is 1.23 bits per heavy atom. The zero-order chi connectivity index (χ0) is 19.3. The van der Waals surface area contributed by atoms with E-state index >= 15 is 0 Å². The normalized spacial score (nSPS) is 10.8. The van der Waals surface area contributed by atoms with Crippen LogP contribution >= 0.6 is 0 Å². The molecule has 0 unspecified atom stereocenters. The van der Waals surface area contributed by atoms with Gasteiger partial charge in [-0.2, -0.15) is 5.10 Å². The number of halogens is 1. The smallest absolute Gasteiger partial charge is 0.257 e. The lowest BCUT2D eigenvalue weighted by molar-refractivity contribution is -0.122. The molecule has 1 aromatic carbocycles. The van der Waals surface area contributed by atoms with Crippen LogP contribution in [-0.4, -0.2) is 45.6 Å². The highest BCUT2D eigenvalue weighted by atomic mass is 19.1. The van der Waals surface area contributed by atoms with Crippen LogP contribution in [0, 0.1) is 5.82 Å². The van der Waals surface area contributed by atoms with Gasteiger partial charge in [0.2, 0.25) is 5.91 Å². The van der Waals surface area contributed by atoms with Gasteiger partial charge in [0.1, 0.15) is 5.82 Å². The highest BCUT2D eigenvalue weighted by Crippen LogP contribution is 2.18. The summed E-state index contributed by atoms with van der Waals surface area (Å²) in [5.74, 6) is -0.764. The highest BCUT2D eigenvalue weighted by molar-refractivity contribution is 5.97. The van der Waals surface area contributed by atoms with Crippen molar-refractivity contribution in [1.29, 1.82) is 0 Å². The predicted octanol–water partition coefficient (Wildman–Crippen LogP) is 2.56. The summed E-state index contributed by atoms with van der Waals surface area (Å²) in [6, 6.07) is 5.95. The molecule has 0 aliphatic carbocycles. The summed E-state index contributed by atoms with van der Waals surface area (Å²) in [4.78, 5) is 26.4. The molecule has 1 aromatic heterocycles. The molecule has 0 spiro atoms. The number of carbonyl (C=O) groups excluding carboxylic acids is 2. The topological polar surface area (TPSA) is 67.2 Å². The number of aromatic nitrogens is 2. The van der Waals surface area contributed by atoms with Crippen molar-refractivity contribution < 1.29 is 14.0 Å². The number of rotatable bonds is 7. The van der Waals surface area contributed by atoms with Crippen molar-refractivity contribution in [1.82, 2.24) is 20.0 Å². The second kappa shape index (κ2) is 8.60. The van der Waals surface area contributed by atoms with Crippen LogP contribution in [-0.2, 0) is 11.2 Å². The van der Waals surface area contributed by atoms with Crippen molar-refractivity contribution in [3.8, 4) is 5.69 Å². The molecule has 0 fully saturated rings. The molecule has 7 heteroatoms. The molecule has 140 valence electrons. The van der Waals surface area contributed by atoms with Crippen LogP contribution in [0.5, 0.6) is 0 Å². The average Bonchev–Trinajstić information content (AvgIpc) is 3.03. The Balaban J connectivity index is 2.27. The Hall–Kier alpha value is -2.70. The minimum atomic E-state index is -0.330. The number of carbonyl (C=O) groups is 2. The molecule has 0 bridgehead atoms. The molecule has 2 rings (SSSR count). The first kappa shape index (κ1) is 19.6. The minimum Gasteiger partial charge on any atom is -0.352 e. The van der Waals surface area contributed by atoms with Gasteiger partial charge >= 0.3 is 0 Å². The Bertz CT molecular complexity index is 768. The van der Waals surface area contributed by atoms with Crippen LogP contribution in [0.15, 0.2) is 30.5 Å². The van der Waals surface area contributed by atoms with Crippen LogP contribution in [0.2, 0.25) is 0 Å². The van der Waals surface area contributed by atoms with E-state index in [4.69, 9.17) is 0 Å². The summed E-state index contributed by atoms with van der Waals surface area (Å²) in [7, 11) is 0. The maximum Gasteiger partial charge on any atom is 0.257 e. The van der Waals surface area contributed by atoms with E-state index in [2.05, 4.69) is 10.4 Å². The van der Waals surface area contributed by atoms with Crippen molar-refractivity contribution in [2.45, 2.75) is 40.2 Å². The second-order valence-electron chi connectivity index (χ2n) is 6.29. The van der Waals surface area contributed by atoms with E-state index in [9.17, 15) is 14.0 Å². The van der Waals surface area contributed by atoms with E-state index in [0.29, 0.717) is 24.2 Å². The van der Waals surface area contributed by atoms with Gasteiger partial charge in [-0.05, 0) is 51.5 Å². The summed E-state index contributed by atoms with van der Waals surface area (Å²) in [5.41, 5.74) is 1.86. The second-order valence-corrected chi connectivity index (χ2v) is 6.29. The van der Waals surface area contributed by atoms with Gasteiger partial charge in [0.05, 0.1) is 29.7 Å². The van der Waals surface area contributed by atoms with Crippen LogP contribution in [0.1, 0.15) is 43.7 Å². The summed E-state index contributed by atoms with van der Waals surface area (Å²) in [6.07, 6.45) is 2.09. The maximum atomic E-state index is 13.2. The quantitative estimate of drug-likeness (QED) is 0.825. The SMILES string of the molecule is CCc1c(C(=O)N(CC)CC(=O)NC(C)C)cnn1-c1ccc(F)cc1. The number of hydrogen-bond donors (Lipinski definition) is 1. The summed E-state index contributed by atoms with van der Waals surface area (Å²) < 4.78 is 14.8. The first-order valence-corrected chi connectivity index (χ1v) is 8.78. The monoisotopic (exact) mass is 360 g/mol. The number of benzene rings is 1. The van der Waals surface area contributed by atoms with Gasteiger partial charge in [-0.25, -0.2) is 9.07 Å². The average molecular weight is 360 g/mol. The zero-order valence-electron chi connectivity index (χ0n) is 15.6. The number of nitrogens with zero attached hydrogens (tertiary/aromatic N) is 3. The van der Waals surface area contributed by atoms with E-state index in [1.807, 2.05) is 27.7 Å². The largest absolute Gasteiger partial charge is 0.352 e. The lowest BCUT2D eigenvalue weighted by Gasteiger charge is -2.21. The van der Waals surface area contributed by atoms with Gasteiger partial charge in [0.25, 0.3) is 5.91 Å². The Morgan fingerprint density at radius 3 is 2.42 bits per heavy atom. The number of likely N-dealkylation sites (N-methyl/N-ethyl adjacent to an activating group) is 1. The molecule has 1 N–H and O–H groups in total. The fourth-order valence-electron chi connectivity index (χ4n) is 2.74. The van der Waals surface area contributed by atoms with E-state index in [1.54, 1.807) is 16.8 Å².